The van der Waals surface area contributed by atoms with E-state index in [4.69, 9.17) is 4.74 Å². The van der Waals surface area contributed by atoms with Gasteiger partial charge in [-0.25, -0.2) is 18.4 Å². The molecule has 5 aromatic rings. The highest BCUT2D eigenvalue weighted by molar-refractivity contribution is 7.90. The van der Waals surface area contributed by atoms with Crippen molar-refractivity contribution >= 4 is 20.6 Å². The van der Waals surface area contributed by atoms with Crippen LogP contribution in [0.25, 0.3) is 33.2 Å². The highest BCUT2D eigenvalue weighted by atomic mass is 32.2. The van der Waals surface area contributed by atoms with Crippen LogP contribution in [0.1, 0.15) is 11.3 Å². The minimum absolute atomic E-state index is 0.130. The molecule has 0 saturated carbocycles. The lowest BCUT2D eigenvalue weighted by Crippen LogP contribution is -2.06. The van der Waals surface area contributed by atoms with Crippen molar-refractivity contribution in [3.8, 4) is 28.1 Å². The van der Waals surface area contributed by atoms with Gasteiger partial charge < -0.3 is 4.74 Å². The van der Waals surface area contributed by atoms with Crippen molar-refractivity contribution in [2.24, 2.45) is 0 Å². The van der Waals surface area contributed by atoms with E-state index in [1.54, 1.807) is 54.7 Å². The standard InChI is InChI=1S/C28H20F3N3O3S/c1-37-26-8-5-19(18-3-2-4-21(13-18)28(29,30)31)15-25(26)27-24-7-6-23(14-20(24)9-12-33-27)38(35,36)16-22-10-11-32-17-34-22/h2-15,17H,16H2,1H3. The molecule has 0 aliphatic carbocycles. The highest BCUT2D eigenvalue weighted by Gasteiger charge is 2.30. The molecule has 2 heterocycles. The molecular formula is C28H20F3N3O3S. The lowest BCUT2D eigenvalue weighted by molar-refractivity contribution is -0.137. The Hall–Kier alpha value is -4.31. The molecule has 0 N–H and O–H groups in total. The van der Waals surface area contributed by atoms with Crippen molar-refractivity contribution in [3.05, 3.63) is 103 Å². The Balaban J connectivity index is 1.59. The van der Waals surface area contributed by atoms with Gasteiger partial charge in [0.05, 0.1) is 34.7 Å². The Morgan fingerprint density at radius 3 is 2.42 bits per heavy atom. The quantitative estimate of drug-likeness (QED) is 0.252. The van der Waals surface area contributed by atoms with Gasteiger partial charge in [-0.2, -0.15) is 13.2 Å². The van der Waals surface area contributed by atoms with Crippen molar-refractivity contribution in [2.45, 2.75) is 16.8 Å². The van der Waals surface area contributed by atoms with E-state index in [0.29, 0.717) is 44.6 Å². The zero-order valence-corrected chi connectivity index (χ0v) is 20.8. The van der Waals surface area contributed by atoms with Gasteiger partial charge in [-0.15, -0.1) is 0 Å². The van der Waals surface area contributed by atoms with Gasteiger partial charge in [0.25, 0.3) is 0 Å². The molecule has 3 aromatic carbocycles. The Kier molecular flexibility index (Phi) is 6.58. The predicted molar refractivity (Wildman–Crippen MR) is 137 cm³/mol. The van der Waals surface area contributed by atoms with Crippen molar-refractivity contribution in [2.75, 3.05) is 7.11 Å². The summed E-state index contributed by atoms with van der Waals surface area (Å²) < 4.78 is 71.4. The maximum absolute atomic E-state index is 13.3. The van der Waals surface area contributed by atoms with E-state index in [-0.39, 0.29) is 10.6 Å². The zero-order valence-electron chi connectivity index (χ0n) is 20.0. The van der Waals surface area contributed by atoms with Crippen LogP contribution >= 0.6 is 0 Å². The summed E-state index contributed by atoms with van der Waals surface area (Å²) in [5, 5.41) is 1.29. The Morgan fingerprint density at radius 2 is 1.68 bits per heavy atom. The van der Waals surface area contributed by atoms with Gasteiger partial charge in [0.2, 0.25) is 0 Å². The minimum Gasteiger partial charge on any atom is -0.496 e. The van der Waals surface area contributed by atoms with Gasteiger partial charge in [0.15, 0.2) is 9.84 Å². The molecule has 0 aliphatic rings. The van der Waals surface area contributed by atoms with E-state index in [1.807, 2.05) is 0 Å². The Bertz CT molecular complexity index is 1740. The van der Waals surface area contributed by atoms with E-state index in [1.165, 1.54) is 31.8 Å². The van der Waals surface area contributed by atoms with E-state index < -0.39 is 21.6 Å². The number of halogens is 3. The fourth-order valence-electron chi connectivity index (χ4n) is 4.19. The van der Waals surface area contributed by atoms with E-state index in [2.05, 4.69) is 15.0 Å². The summed E-state index contributed by atoms with van der Waals surface area (Å²) >= 11 is 0. The Labute approximate surface area is 216 Å². The van der Waals surface area contributed by atoms with Crippen molar-refractivity contribution in [1.82, 2.24) is 15.0 Å². The fraction of sp³-hybridized carbons (Fsp3) is 0.107. The van der Waals surface area contributed by atoms with Crippen LogP contribution in [0.15, 0.2) is 96.4 Å². The summed E-state index contributed by atoms with van der Waals surface area (Å²) in [4.78, 5) is 12.4. The smallest absolute Gasteiger partial charge is 0.416 e. The second-order valence-corrected chi connectivity index (χ2v) is 10.5. The van der Waals surface area contributed by atoms with E-state index in [9.17, 15) is 21.6 Å². The second-order valence-electron chi connectivity index (χ2n) is 8.50. The van der Waals surface area contributed by atoms with Gasteiger partial charge in [0, 0.05) is 23.3 Å². The molecule has 38 heavy (non-hydrogen) atoms. The van der Waals surface area contributed by atoms with Crippen LogP contribution in [0.3, 0.4) is 0 Å². The summed E-state index contributed by atoms with van der Waals surface area (Å²) in [6.07, 6.45) is -0.135. The first-order valence-corrected chi connectivity index (χ1v) is 13.0. The number of rotatable bonds is 6. The largest absolute Gasteiger partial charge is 0.496 e. The number of pyridine rings is 1. The molecule has 0 spiro atoms. The highest BCUT2D eigenvalue weighted by Crippen LogP contribution is 2.38. The number of ether oxygens (including phenoxy) is 1. The third-order valence-electron chi connectivity index (χ3n) is 6.05. The zero-order chi connectivity index (χ0) is 26.9. The number of hydrogen-bond donors (Lipinski definition) is 0. The lowest BCUT2D eigenvalue weighted by atomic mass is 9.97. The summed E-state index contributed by atoms with van der Waals surface area (Å²) in [6, 6.07) is 18.1. The third-order valence-corrected chi connectivity index (χ3v) is 7.70. The average molecular weight is 536 g/mol. The first-order chi connectivity index (χ1) is 18.2. The van der Waals surface area contributed by atoms with Crippen LogP contribution in [0, 0.1) is 0 Å². The number of benzene rings is 3. The Morgan fingerprint density at radius 1 is 0.868 bits per heavy atom. The number of nitrogens with zero attached hydrogens (tertiary/aromatic N) is 3. The predicted octanol–water partition coefficient (Wildman–Crippen LogP) is 6.36. The van der Waals surface area contributed by atoms with Gasteiger partial charge >= 0.3 is 6.18 Å². The summed E-state index contributed by atoms with van der Waals surface area (Å²) in [7, 11) is -2.19. The van der Waals surface area contributed by atoms with Gasteiger partial charge in [-0.05, 0) is 65.0 Å². The molecule has 0 fully saturated rings. The molecule has 10 heteroatoms. The molecule has 0 bridgehead atoms. The number of hydrogen-bond acceptors (Lipinski definition) is 6. The van der Waals surface area contributed by atoms with Crippen molar-refractivity contribution < 1.29 is 26.3 Å². The SMILES string of the molecule is COc1ccc(-c2cccc(C(F)(F)F)c2)cc1-c1nccc2cc(S(=O)(=O)Cc3ccncn3)ccc12. The summed E-state index contributed by atoms with van der Waals surface area (Å²) in [5.41, 5.74) is 1.65. The van der Waals surface area contributed by atoms with E-state index >= 15 is 0 Å². The molecule has 0 atom stereocenters. The van der Waals surface area contributed by atoms with Crippen LogP contribution in [0.5, 0.6) is 5.75 Å². The van der Waals surface area contributed by atoms with Crippen LogP contribution in [0.2, 0.25) is 0 Å². The normalized spacial score (nSPS) is 12.0. The first kappa shape index (κ1) is 25.3. The lowest BCUT2D eigenvalue weighted by Gasteiger charge is -2.14. The third kappa shape index (κ3) is 5.08. The molecule has 2 aromatic heterocycles. The number of fused-ring (bicyclic) bond motifs is 1. The van der Waals surface area contributed by atoms with Gasteiger partial charge in [-0.3, -0.25) is 4.98 Å². The van der Waals surface area contributed by atoms with Crippen LogP contribution in [0.4, 0.5) is 13.2 Å². The minimum atomic E-state index is -4.46. The maximum Gasteiger partial charge on any atom is 0.416 e. The number of methoxy groups -OCH3 is 1. The first-order valence-electron chi connectivity index (χ1n) is 11.4. The van der Waals surface area contributed by atoms with Crippen LogP contribution in [-0.4, -0.2) is 30.5 Å². The molecular weight excluding hydrogens is 515 g/mol. The molecule has 0 aliphatic heterocycles. The monoisotopic (exact) mass is 535 g/mol. The number of sulfone groups is 1. The van der Waals surface area contributed by atoms with Crippen molar-refractivity contribution in [3.63, 3.8) is 0 Å². The van der Waals surface area contributed by atoms with Gasteiger partial charge in [0.1, 0.15) is 12.1 Å². The average Bonchev–Trinajstić information content (AvgIpc) is 2.92. The van der Waals surface area contributed by atoms with Gasteiger partial charge in [-0.1, -0.05) is 24.3 Å². The topological polar surface area (TPSA) is 82.0 Å². The molecule has 5 rings (SSSR count). The van der Waals surface area contributed by atoms with Crippen LogP contribution < -0.4 is 4.74 Å². The molecule has 0 radical (unpaired) electrons. The van der Waals surface area contributed by atoms with E-state index in [0.717, 1.165) is 12.1 Å². The summed E-state index contributed by atoms with van der Waals surface area (Å²) in [6.45, 7) is 0. The van der Waals surface area contributed by atoms with Crippen LogP contribution in [-0.2, 0) is 21.8 Å². The molecule has 0 saturated heterocycles. The fourth-order valence-corrected chi connectivity index (χ4v) is 5.50. The molecule has 0 amide bonds. The summed E-state index contributed by atoms with van der Waals surface area (Å²) in [5.74, 6) is 0.201. The number of aromatic nitrogens is 3. The molecule has 0 unspecified atom stereocenters. The maximum atomic E-state index is 13.3. The second kappa shape index (κ2) is 9.86. The molecule has 192 valence electrons. The molecule has 6 nitrogen and oxygen atoms in total. The number of alkyl halides is 3. The van der Waals surface area contributed by atoms with Crippen molar-refractivity contribution in [1.29, 1.82) is 0 Å².